The van der Waals surface area contributed by atoms with Gasteiger partial charge >= 0.3 is 6.09 Å². The fraction of sp³-hybridized carbons (Fsp3) is 0.952. The van der Waals surface area contributed by atoms with Gasteiger partial charge in [0, 0.05) is 31.6 Å². The zero-order chi connectivity index (χ0) is 19.1. The van der Waals surface area contributed by atoms with Crippen molar-refractivity contribution in [3.8, 4) is 0 Å². The first kappa shape index (κ1) is 19.1. The van der Waals surface area contributed by atoms with Crippen molar-refractivity contribution in [1.82, 2.24) is 14.7 Å². The molecule has 7 nitrogen and oxygen atoms in total. The number of likely N-dealkylation sites (tertiary alicyclic amines) is 2. The molecule has 5 aliphatic rings. The third-order valence-corrected chi connectivity index (χ3v) is 7.69. The number of morpholine rings is 1. The summed E-state index contributed by atoms with van der Waals surface area (Å²) in [5, 5.41) is 0. The molecule has 1 saturated carbocycles. The number of amides is 1. The van der Waals surface area contributed by atoms with E-state index in [-0.39, 0.29) is 18.1 Å². The van der Waals surface area contributed by atoms with E-state index in [2.05, 4.69) is 9.80 Å². The molecule has 5 rings (SSSR count). The predicted octanol–water partition coefficient (Wildman–Crippen LogP) is 2.40. The maximum absolute atomic E-state index is 11.9. The summed E-state index contributed by atoms with van der Waals surface area (Å²) in [4.78, 5) is 19.1. The number of piperidine rings is 2. The molecular formula is C21H35N3O4. The summed E-state index contributed by atoms with van der Waals surface area (Å²) in [6.07, 6.45) is 9.47. The summed E-state index contributed by atoms with van der Waals surface area (Å²) in [6, 6.07) is 1.72. The van der Waals surface area contributed by atoms with Gasteiger partial charge in [0.1, 0.15) is 6.23 Å². The summed E-state index contributed by atoms with van der Waals surface area (Å²) < 4.78 is 17.6. The molecule has 0 aromatic heterocycles. The summed E-state index contributed by atoms with van der Waals surface area (Å²) in [7, 11) is 0. The summed E-state index contributed by atoms with van der Waals surface area (Å²) in [5.74, 6) is -0.278. The van der Waals surface area contributed by atoms with Crippen LogP contribution in [0.2, 0.25) is 0 Å². The van der Waals surface area contributed by atoms with Gasteiger partial charge in [-0.2, -0.15) is 0 Å². The summed E-state index contributed by atoms with van der Waals surface area (Å²) in [5.41, 5.74) is 0. The van der Waals surface area contributed by atoms with Gasteiger partial charge in [-0.1, -0.05) is 6.42 Å². The van der Waals surface area contributed by atoms with E-state index in [0.29, 0.717) is 24.7 Å². The van der Waals surface area contributed by atoms with Gasteiger partial charge < -0.3 is 24.0 Å². The molecule has 4 aliphatic heterocycles. The second-order valence-electron chi connectivity index (χ2n) is 9.09. The average molecular weight is 394 g/mol. The van der Waals surface area contributed by atoms with Crippen molar-refractivity contribution < 1.29 is 19.0 Å². The van der Waals surface area contributed by atoms with Crippen LogP contribution in [0.4, 0.5) is 4.79 Å². The second kappa shape index (κ2) is 7.74. The molecule has 1 unspecified atom stereocenters. The van der Waals surface area contributed by atoms with Crippen molar-refractivity contribution in [2.75, 3.05) is 39.4 Å². The molecule has 1 spiro atoms. The predicted molar refractivity (Wildman–Crippen MR) is 104 cm³/mol. The van der Waals surface area contributed by atoms with Crippen LogP contribution >= 0.6 is 0 Å². The quantitative estimate of drug-likeness (QED) is 0.734. The molecule has 1 amide bonds. The molecule has 4 heterocycles. The SMILES string of the molecule is CCOC(=O)N1CCC(N2CCC(N3C4CO[C@@]5(CCCC[C@H]35)O4)CC2)CC1. The third kappa shape index (κ3) is 3.24. The largest absolute Gasteiger partial charge is 0.450 e. The topological polar surface area (TPSA) is 54.5 Å². The van der Waals surface area contributed by atoms with Crippen LogP contribution in [0.1, 0.15) is 58.3 Å². The van der Waals surface area contributed by atoms with E-state index in [1.807, 2.05) is 11.8 Å². The zero-order valence-electron chi connectivity index (χ0n) is 17.2. The number of ether oxygens (including phenoxy) is 3. The first-order valence-corrected chi connectivity index (χ1v) is 11.4. The van der Waals surface area contributed by atoms with Crippen molar-refractivity contribution in [3.05, 3.63) is 0 Å². The van der Waals surface area contributed by atoms with Crippen molar-refractivity contribution in [2.24, 2.45) is 0 Å². The van der Waals surface area contributed by atoms with Crippen LogP contribution < -0.4 is 0 Å². The minimum Gasteiger partial charge on any atom is -0.450 e. The number of hydrogen-bond donors (Lipinski definition) is 0. The van der Waals surface area contributed by atoms with Gasteiger partial charge in [0.15, 0.2) is 5.79 Å². The molecule has 1 aliphatic carbocycles. The zero-order valence-corrected chi connectivity index (χ0v) is 17.2. The van der Waals surface area contributed by atoms with Crippen LogP contribution in [0.3, 0.4) is 0 Å². The lowest BCUT2D eigenvalue weighted by atomic mass is 9.86. The molecule has 0 aromatic carbocycles. The van der Waals surface area contributed by atoms with Gasteiger partial charge in [-0.05, 0) is 58.5 Å². The Hall–Kier alpha value is -0.890. The minimum absolute atomic E-state index is 0.146. The molecule has 4 saturated heterocycles. The van der Waals surface area contributed by atoms with E-state index in [1.54, 1.807) is 0 Å². The van der Waals surface area contributed by atoms with E-state index in [9.17, 15) is 4.79 Å². The normalized spacial score (nSPS) is 38.0. The van der Waals surface area contributed by atoms with Crippen molar-refractivity contribution in [3.63, 3.8) is 0 Å². The summed E-state index contributed by atoms with van der Waals surface area (Å²) in [6.45, 7) is 7.06. The lowest BCUT2D eigenvalue weighted by molar-refractivity contribution is -0.179. The Bertz CT molecular complexity index is 574. The number of rotatable bonds is 3. The van der Waals surface area contributed by atoms with Crippen LogP contribution in [0.15, 0.2) is 0 Å². The number of nitrogens with zero attached hydrogens (tertiary/aromatic N) is 3. The van der Waals surface area contributed by atoms with E-state index in [1.165, 1.54) is 45.2 Å². The lowest BCUT2D eigenvalue weighted by Gasteiger charge is -2.48. The van der Waals surface area contributed by atoms with Gasteiger partial charge in [0.05, 0.1) is 19.3 Å². The Labute approximate surface area is 168 Å². The Balaban J connectivity index is 1.13. The maximum Gasteiger partial charge on any atom is 0.409 e. The second-order valence-corrected chi connectivity index (χ2v) is 9.09. The van der Waals surface area contributed by atoms with Gasteiger partial charge in [-0.15, -0.1) is 0 Å². The number of fused-ring (bicyclic) bond motifs is 1. The van der Waals surface area contributed by atoms with Crippen LogP contribution in [-0.4, -0.2) is 90.3 Å². The van der Waals surface area contributed by atoms with E-state index >= 15 is 0 Å². The Kier molecular flexibility index (Phi) is 5.28. The third-order valence-electron chi connectivity index (χ3n) is 7.69. The first-order valence-electron chi connectivity index (χ1n) is 11.4. The Morgan fingerprint density at radius 2 is 1.79 bits per heavy atom. The minimum atomic E-state index is -0.278. The molecule has 5 fully saturated rings. The molecule has 0 radical (unpaired) electrons. The highest BCUT2D eigenvalue weighted by molar-refractivity contribution is 5.67. The Morgan fingerprint density at radius 1 is 1.04 bits per heavy atom. The number of carbonyl (C=O) groups is 1. The highest BCUT2D eigenvalue weighted by Gasteiger charge is 2.61. The van der Waals surface area contributed by atoms with Gasteiger partial charge in [-0.3, -0.25) is 4.90 Å². The van der Waals surface area contributed by atoms with Crippen molar-refractivity contribution >= 4 is 6.09 Å². The van der Waals surface area contributed by atoms with Gasteiger partial charge in [0.25, 0.3) is 0 Å². The monoisotopic (exact) mass is 393 g/mol. The maximum atomic E-state index is 11.9. The molecule has 0 aromatic rings. The molecule has 7 heteroatoms. The van der Waals surface area contributed by atoms with Crippen molar-refractivity contribution in [1.29, 1.82) is 0 Å². The van der Waals surface area contributed by atoms with E-state index in [0.717, 1.165) is 39.0 Å². The number of hydrogen-bond acceptors (Lipinski definition) is 6. The van der Waals surface area contributed by atoms with Crippen LogP contribution in [0.25, 0.3) is 0 Å². The Morgan fingerprint density at radius 3 is 2.54 bits per heavy atom. The smallest absolute Gasteiger partial charge is 0.409 e. The number of carbonyl (C=O) groups excluding carboxylic acids is 1. The lowest BCUT2D eigenvalue weighted by Crippen LogP contribution is -2.59. The standard InChI is InChI=1S/C21H35N3O4/c1-2-26-20(25)23-13-6-16(7-14-23)22-11-8-17(9-12-22)24-18-5-3-4-10-21(18)27-15-19(24)28-21/h16-19H,2-15H2,1H3/t18-,19?,21-/m0/s1. The van der Waals surface area contributed by atoms with E-state index in [4.69, 9.17) is 14.2 Å². The van der Waals surface area contributed by atoms with Crippen LogP contribution in [-0.2, 0) is 14.2 Å². The molecule has 2 bridgehead atoms. The highest BCUT2D eigenvalue weighted by Crippen LogP contribution is 2.49. The molecule has 3 atom stereocenters. The average Bonchev–Trinajstić information content (AvgIpc) is 3.30. The van der Waals surface area contributed by atoms with Gasteiger partial charge in [0.2, 0.25) is 0 Å². The van der Waals surface area contributed by atoms with Crippen LogP contribution in [0.5, 0.6) is 0 Å². The van der Waals surface area contributed by atoms with Crippen molar-refractivity contribution in [2.45, 2.75) is 88.4 Å². The fourth-order valence-corrected chi connectivity index (χ4v) is 6.30. The fourth-order valence-electron chi connectivity index (χ4n) is 6.30. The highest BCUT2D eigenvalue weighted by atomic mass is 16.8. The summed E-state index contributed by atoms with van der Waals surface area (Å²) >= 11 is 0. The molecule has 28 heavy (non-hydrogen) atoms. The first-order chi connectivity index (χ1) is 13.7. The molecule has 0 N–H and O–H groups in total. The van der Waals surface area contributed by atoms with E-state index < -0.39 is 0 Å². The molecule has 158 valence electrons. The molecular weight excluding hydrogens is 358 g/mol. The van der Waals surface area contributed by atoms with Crippen LogP contribution in [0, 0.1) is 0 Å². The van der Waals surface area contributed by atoms with Gasteiger partial charge in [-0.25, -0.2) is 4.79 Å².